The Morgan fingerprint density at radius 2 is 1.71 bits per heavy atom. The largest absolute Gasteiger partial charge is 4.00 e. The molecule has 0 aliphatic heterocycles. The predicted molar refractivity (Wildman–Crippen MR) is 91.3 cm³/mol. The first-order chi connectivity index (χ1) is 10.3. The molecule has 0 N–H and O–H groups in total. The zero-order chi connectivity index (χ0) is 14.5. The van der Waals surface area contributed by atoms with Gasteiger partial charge in [0.2, 0.25) is 0 Å². The quantitative estimate of drug-likeness (QED) is 0.469. The molecule has 0 nitrogen and oxygen atoms in total. The van der Waals surface area contributed by atoms with Gasteiger partial charge in [-0.05, 0) is 5.56 Å². The van der Waals surface area contributed by atoms with Gasteiger partial charge in [0, 0.05) is 0 Å². The summed E-state index contributed by atoms with van der Waals surface area (Å²) in [5.74, 6) is 0. The van der Waals surface area contributed by atoms with Crippen molar-refractivity contribution in [2.75, 3.05) is 0 Å². The fraction of sp³-hybridized carbons (Fsp3) is 0.0952. The molecule has 4 rings (SSSR count). The molecule has 3 aromatic carbocycles. The Morgan fingerprint density at radius 1 is 0.958 bits per heavy atom. The van der Waals surface area contributed by atoms with Crippen LogP contribution in [-0.2, 0) is 26.2 Å². The van der Waals surface area contributed by atoms with Crippen LogP contribution in [0.5, 0.6) is 0 Å². The summed E-state index contributed by atoms with van der Waals surface area (Å²) in [6.45, 7) is 2.15. The molecule has 0 saturated heterocycles. The minimum absolute atomic E-state index is 0. The SMILES string of the molecule is Cc1cc2c(-c3ccccc3)cccc2[cH-]1.[C-]1=CC=CC1.[Cl-].[Cl-].[Zr+4]. The van der Waals surface area contributed by atoms with Crippen LogP contribution >= 0.6 is 0 Å². The van der Waals surface area contributed by atoms with E-state index in [1.54, 1.807) is 0 Å². The predicted octanol–water partition coefficient (Wildman–Crippen LogP) is -0.155. The molecule has 3 heteroatoms. The van der Waals surface area contributed by atoms with E-state index in [9.17, 15) is 0 Å². The van der Waals surface area contributed by atoms with Gasteiger partial charge >= 0.3 is 26.2 Å². The van der Waals surface area contributed by atoms with Crippen LogP contribution in [0.1, 0.15) is 12.0 Å². The molecule has 0 saturated carbocycles. The van der Waals surface area contributed by atoms with Crippen molar-refractivity contribution in [3.63, 3.8) is 0 Å². The van der Waals surface area contributed by atoms with Crippen molar-refractivity contribution in [1.82, 2.24) is 0 Å². The van der Waals surface area contributed by atoms with E-state index in [0.29, 0.717) is 0 Å². The Bertz CT molecular complexity index is 776. The van der Waals surface area contributed by atoms with E-state index >= 15 is 0 Å². The number of rotatable bonds is 1. The number of fused-ring (bicyclic) bond motifs is 1. The van der Waals surface area contributed by atoms with Gasteiger partial charge in [0.25, 0.3) is 0 Å². The minimum atomic E-state index is 0. The van der Waals surface area contributed by atoms with Crippen molar-refractivity contribution in [1.29, 1.82) is 0 Å². The first kappa shape index (κ1) is 23.0. The summed E-state index contributed by atoms with van der Waals surface area (Å²) >= 11 is 0. The fourth-order valence-corrected chi connectivity index (χ4v) is 2.59. The molecule has 0 spiro atoms. The molecule has 0 heterocycles. The molecule has 0 fully saturated rings. The average molecular weight is 433 g/mol. The normalized spacial score (nSPS) is 10.9. The molecular weight excluding hydrogens is 414 g/mol. The zero-order valence-corrected chi connectivity index (χ0v) is 17.4. The van der Waals surface area contributed by atoms with Gasteiger partial charge in [-0.1, -0.05) is 48.9 Å². The molecule has 0 amide bonds. The van der Waals surface area contributed by atoms with E-state index in [0.717, 1.165) is 6.42 Å². The molecule has 1 aliphatic carbocycles. The number of halogens is 2. The van der Waals surface area contributed by atoms with Crippen LogP contribution in [0.3, 0.4) is 0 Å². The number of allylic oxidation sites excluding steroid dienone is 4. The monoisotopic (exact) mass is 430 g/mol. The van der Waals surface area contributed by atoms with E-state index < -0.39 is 0 Å². The molecule has 0 aromatic heterocycles. The summed E-state index contributed by atoms with van der Waals surface area (Å²) in [6, 6.07) is 21.6. The van der Waals surface area contributed by atoms with Gasteiger partial charge in [-0.25, -0.2) is 12.2 Å². The van der Waals surface area contributed by atoms with Crippen molar-refractivity contribution >= 4 is 10.8 Å². The van der Waals surface area contributed by atoms with Gasteiger partial charge in [0.05, 0.1) is 0 Å². The van der Waals surface area contributed by atoms with Crippen LogP contribution in [0.4, 0.5) is 0 Å². The third-order valence-corrected chi connectivity index (χ3v) is 3.57. The molecular formula is C21H18Cl2Zr. The Kier molecular flexibility index (Phi) is 11.0. The molecule has 0 atom stereocenters. The van der Waals surface area contributed by atoms with Crippen LogP contribution in [0.2, 0.25) is 0 Å². The van der Waals surface area contributed by atoms with E-state index in [1.165, 1.54) is 27.5 Å². The maximum atomic E-state index is 2.99. The number of hydrogen-bond acceptors (Lipinski definition) is 0. The molecule has 24 heavy (non-hydrogen) atoms. The third kappa shape index (κ3) is 5.81. The smallest absolute Gasteiger partial charge is 1.00 e. The van der Waals surface area contributed by atoms with Crippen molar-refractivity contribution < 1.29 is 51.0 Å². The van der Waals surface area contributed by atoms with Crippen LogP contribution in [-0.4, -0.2) is 0 Å². The average Bonchev–Trinajstić information content (AvgIpc) is 3.19. The summed E-state index contributed by atoms with van der Waals surface area (Å²) in [7, 11) is 0. The molecule has 0 radical (unpaired) electrons. The van der Waals surface area contributed by atoms with Crippen LogP contribution < -0.4 is 24.8 Å². The van der Waals surface area contributed by atoms with E-state index in [2.05, 4.69) is 79.7 Å². The first-order valence-corrected chi connectivity index (χ1v) is 7.28. The second-order valence-corrected chi connectivity index (χ2v) is 5.21. The van der Waals surface area contributed by atoms with Gasteiger partial charge in [-0.15, -0.1) is 41.0 Å². The minimum Gasteiger partial charge on any atom is -1.00 e. The van der Waals surface area contributed by atoms with Crippen LogP contribution in [0.15, 0.2) is 78.9 Å². The summed E-state index contributed by atoms with van der Waals surface area (Å²) in [4.78, 5) is 0. The Balaban J connectivity index is 0.000000578. The van der Waals surface area contributed by atoms with Gasteiger partial charge in [0.15, 0.2) is 0 Å². The topological polar surface area (TPSA) is 0 Å². The number of benzene rings is 2. The molecule has 1 aliphatic rings. The molecule has 3 aromatic rings. The van der Waals surface area contributed by atoms with E-state index in [1.807, 2.05) is 12.2 Å². The van der Waals surface area contributed by atoms with E-state index in [4.69, 9.17) is 0 Å². The second-order valence-electron chi connectivity index (χ2n) is 5.21. The van der Waals surface area contributed by atoms with Crippen molar-refractivity contribution in [2.45, 2.75) is 13.3 Å². The summed E-state index contributed by atoms with van der Waals surface area (Å²) in [5, 5.41) is 2.69. The van der Waals surface area contributed by atoms with Crippen molar-refractivity contribution in [3.8, 4) is 11.1 Å². The third-order valence-electron chi connectivity index (χ3n) is 3.57. The first-order valence-electron chi connectivity index (χ1n) is 7.28. The fourth-order valence-electron chi connectivity index (χ4n) is 2.59. The van der Waals surface area contributed by atoms with E-state index in [-0.39, 0.29) is 51.0 Å². The Hall–Kier alpha value is -1.01. The van der Waals surface area contributed by atoms with Crippen molar-refractivity contribution in [2.24, 2.45) is 0 Å². The van der Waals surface area contributed by atoms with Gasteiger partial charge < -0.3 is 24.8 Å². The standard InChI is InChI=1S/C16H13.C5H5.2ClH.Zr/c1-12-10-14-8-5-9-15(16(14)11-12)13-6-3-2-4-7-13;1-2-4-5-3-1;;;/h2-11H,1H3;1-3H,4H2;2*1H;/q2*-1;;;+4/p-2. The zero-order valence-electron chi connectivity index (χ0n) is 13.5. The maximum absolute atomic E-state index is 2.99. The van der Waals surface area contributed by atoms with Crippen LogP contribution in [0.25, 0.3) is 21.9 Å². The van der Waals surface area contributed by atoms with Gasteiger partial charge in [0.1, 0.15) is 0 Å². The summed E-state index contributed by atoms with van der Waals surface area (Å²) < 4.78 is 0. The Labute approximate surface area is 176 Å². The summed E-state index contributed by atoms with van der Waals surface area (Å²) in [6.07, 6.45) is 10.0. The van der Waals surface area contributed by atoms with Crippen molar-refractivity contribution in [3.05, 3.63) is 90.5 Å². The van der Waals surface area contributed by atoms with Gasteiger partial charge in [-0.2, -0.15) is 12.1 Å². The molecule has 0 unspecified atom stereocenters. The molecule has 0 bridgehead atoms. The number of hydrogen-bond donors (Lipinski definition) is 0. The molecule has 120 valence electrons. The maximum Gasteiger partial charge on any atom is 4.00 e. The van der Waals surface area contributed by atoms with Crippen LogP contribution in [0, 0.1) is 13.0 Å². The Morgan fingerprint density at radius 3 is 2.29 bits per heavy atom. The number of aryl methyl sites for hydroxylation is 1. The second kappa shape index (κ2) is 11.5. The summed E-state index contributed by atoms with van der Waals surface area (Å²) in [5.41, 5.74) is 3.95. The van der Waals surface area contributed by atoms with Gasteiger partial charge in [-0.3, -0.25) is 6.08 Å².